The third-order valence-electron chi connectivity index (χ3n) is 10.8. The minimum Gasteiger partial charge on any atom is -0.309 e. The van der Waals surface area contributed by atoms with Crippen LogP contribution in [-0.2, 0) is 6.42 Å². The van der Waals surface area contributed by atoms with E-state index >= 15 is 0 Å². The zero-order valence-corrected chi connectivity index (χ0v) is 25.7. The smallest absolute Gasteiger partial charge is 0.0724 e. The van der Waals surface area contributed by atoms with Gasteiger partial charge in [-0.3, -0.25) is 4.98 Å². The van der Waals surface area contributed by atoms with Crippen LogP contribution in [0, 0.1) is 0 Å². The van der Waals surface area contributed by atoms with Gasteiger partial charge < -0.3 is 9.13 Å². The van der Waals surface area contributed by atoms with Gasteiger partial charge in [0.1, 0.15) is 0 Å². The highest BCUT2D eigenvalue weighted by Crippen LogP contribution is 2.53. The molecule has 2 aliphatic carbocycles. The van der Waals surface area contributed by atoms with Crippen LogP contribution in [0.4, 0.5) is 0 Å². The molecule has 220 valence electrons. The standard InChI is InChI=1S/C44H29N3/c1-2-14-31-29(12-1)32-20-21-37-38(31)25-39-34-16-6-8-19-41(34)47(44(39)43(37)36-17-4-3-13-30(32)36)28-11-9-10-27(24-28)46-40-18-7-5-15-33(40)35-22-23-45-26-42(35)46/h1-19,22-26,32H,20-21H2/t32-/m1/s1. The van der Waals surface area contributed by atoms with Crippen molar-refractivity contribution >= 4 is 43.6 Å². The molecule has 0 saturated carbocycles. The topological polar surface area (TPSA) is 22.8 Å². The Balaban J connectivity index is 1.28. The maximum Gasteiger partial charge on any atom is 0.0724 e. The number of aromatic nitrogens is 3. The van der Waals surface area contributed by atoms with Gasteiger partial charge in [0, 0.05) is 50.6 Å². The molecule has 6 aromatic carbocycles. The third kappa shape index (κ3) is 3.33. The van der Waals surface area contributed by atoms with Crippen LogP contribution in [-0.4, -0.2) is 14.1 Å². The molecule has 0 unspecified atom stereocenters. The van der Waals surface area contributed by atoms with Crippen molar-refractivity contribution in [2.75, 3.05) is 0 Å². The number of rotatable bonds is 2. The van der Waals surface area contributed by atoms with Crippen LogP contribution in [0.15, 0.2) is 146 Å². The molecule has 11 rings (SSSR count). The van der Waals surface area contributed by atoms with Gasteiger partial charge in [-0.15, -0.1) is 0 Å². The van der Waals surface area contributed by atoms with E-state index < -0.39 is 0 Å². The van der Waals surface area contributed by atoms with E-state index in [9.17, 15) is 0 Å². The molecule has 9 aromatic rings. The second-order valence-corrected chi connectivity index (χ2v) is 13.1. The molecular formula is C44H29N3. The summed E-state index contributed by atoms with van der Waals surface area (Å²) in [6.07, 6.45) is 6.07. The van der Waals surface area contributed by atoms with Crippen molar-refractivity contribution in [3.63, 3.8) is 0 Å². The van der Waals surface area contributed by atoms with Crippen molar-refractivity contribution in [1.29, 1.82) is 0 Å². The monoisotopic (exact) mass is 599 g/mol. The molecule has 1 atom stereocenters. The zero-order chi connectivity index (χ0) is 30.6. The molecule has 0 N–H and O–H groups in total. The Morgan fingerprint density at radius 3 is 1.98 bits per heavy atom. The summed E-state index contributed by atoms with van der Waals surface area (Å²) in [6, 6.07) is 49.6. The van der Waals surface area contributed by atoms with Gasteiger partial charge in [-0.2, -0.15) is 0 Å². The lowest BCUT2D eigenvalue weighted by Crippen LogP contribution is -2.05. The van der Waals surface area contributed by atoms with E-state index in [4.69, 9.17) is 0 Å². The van der Waals surface area contributed by atoms with Gasteiger partial charge in [-0.05, 0) is 88.7 Å². The molecule has 2 bridgehead atoms. The Morgan fingerprint density at radius 1 is 0.511 bits per heavy atom. The van der Waals surface area contributed by atoms with Crippen molar-refractivity contribution in [3.8, 4) is 33.6 Å². The molecule has 47 heavy (non-hydrogen) atoms. The normalized spacial score (nSPS) is 14.9. The molecule has 3 nitrogen and oxygen atoms in total. The van der Waals surface area contributed by atoms with E-state index in [2.05, 4.69) is 148 Å². The lowest BCUT2D eigenvalue weighted by atomic mass is 9.80. The van der Waals surface area contributed by atoms with E-state index in [0.717, 1.165) is 29.7 Å². The highest BCUT2D eigenvalue weighted by molar-refractivity contribution is 6.17. The first kappa shape index (κ1) is 25.3. The zero-order valence-electron chi connectivity index (χ0n) is 25.7. The summed E-state index contributed by atoms with van der Waals surface area (Å²) in [5, 5.41) is 5.06. The molecular weight excluding hydrogens is 571 g/mol. The Hall–Kier alpha value is -5.93. The fraction of sp³-hybridized carbons (Fsp3) is 0.0682. The van der Waals surface area contributed by atoms with E-state index in [0.29, 0.717) is 5.92 Å². The predicted octanol–water partition coefficient (Wildman–Crippen LogP) is 11.0. The number of fused-ring (bicyclic) bond motifs is 15. The second kappa shape index (κ2) is 9.31. The summed E-state index contributed by atoms with van der Waals surface area (Å²) >= 11 is 0. The number of hydrogen-bond acceptors (Lipinski definition) is 1. The quantitative estimate of drug-likeness (QED) is 0.194. The number of pyridine rings is 1. The first-order chi connectivity index (χ1) is 23.3. The maximum atomic E-state index is 4.54. The minimum atomic E-state index is 0.382. The van der Waals surface area contributed by atoms with E-state index in [1.54, 1.807) is 0 Å². The number of benzene rings is 6. The third-order valence-corrected chi connectivity index (χ3v) is 10.8. The van der Waals surface area contributed by atoms with Crippen LogP contribution in [0.3, 0.4) is 0 Å². The van der Waals surface area contributed by atoms with Crippen LogP contribution in [0.25, 0.3) is 77.2 Å². The van der Waals surface area contributed by atoms with Crippen molar-refractivity contribution < 1.29 is 0 Å². The fourth-order valence-electron chi connectivity index (χ4n) is 8.93. The highest BCUT2D eigenvalue weighted by atomic mass is 15.0. The Bertz CT molecular complexity index is 2710. The maximum absolute atomic E-state index is 4.54. The average molecular weight is 600 g/mol. The van der Waals surface area contributed by atoms with Crippen LogP contribution in [0.5, 0.6) is 0 Å². The van der Waals surface area contributed by atoms with Gasteiger partial charge >= 0.3 is 0 Å². The van der Waals surface area contributed by atoms with Gasteiger partial charge in [0.15, 0.2) is 0 Å². The Kier molecular flexibility index (Phi) is 5.01. The summed E-state index contributed by atoms with van der Waals surface area (Å²) < 4.78 is 4.90. The lowest BCUT2D eigenvalue weighted by Gasteiger charge is -2.25. The largest absolute Gasteiger partial charge is 0.309 e. The van der Waals surface area contributed by atoms with E-state index in [1.165, 1.54) is 77.0 Å². The summed E-state index contributed by atoms with van der Waals surface area (Å²) in [5.41, 5.74) is 17.1. The minimum absolute atomic E-state index is 0.382. The number of para-hydroxylation sites is 2. The van der Waals surface area contributed by atoms with Crippen LogP contribution in [0.1, 0.15) is 29.0 Å². The van der Waals surface area contributed by atoms with Crippen LogP contribution >= 0.6 is 0 Å². The van der Waals surface area contributed by atoms with Gasteiger partial charge in [-0.1, -0.05) is 91.0 Å². The fourth-order valence-corrected chi connectivity index (χ4v) is 8.93. The van der Waals surface area contributed by atoms with Crippen LogP contribution in [0.2, 0.25) is 0 Å². The first-order valence-electron chi connectivity index (χ1n) is 16.6. The Labute approximate surface area is 272 Å². The molecule has 3 aromatic heterocycles. The molecule has 2 aliphatic rings. The molecule has 0 saturated heterocycles. The first-order valence-corrected chi connectivity index (χ1v) is 16.6. The van der Waals surface area contributed by atoms with Crippen molar-refractivity contribution in [2.24, 2.45) is 0 Å². The molecule has 0 fully saturated rings. The van der Waals surface area contributed by atoms with E-state index in [-0.39, 0.29) is 0 Å². The number of nitrogens with zero attached hydrogens (tertiary/aromatic N) is 3. The molecule has 0 amide bonds. The number of hydrogen-bond donors (Lipinski definition) is 0. The van der Waals surface area contributed by atoms with Gasteiger partial charge in [0.05, 0.1) is 28.3 Å². The van der Waals surface area contributed by atoms with Gasteiger partial charge in [0.2, 0.25) is 0 Å². The Morgan fingerprint density at radius 2 is 1.15 bits per heavy atom. The molecule has 0 spiro atoms. The summed E-state index contributed by atoms with van der Waals surface area (Å²) in [6.45, 7) is 0. The molecule has 3 heterocycles. The SMILES string of the molecule is c1cc(-n2c3ccccc3c3ccncc32)cc(-n2c3ccccc3c3cc4c5c(c32)-c2ccccc2[C@H](CC5)c2ccccc2-4)c1. The highest BCUT2D eigenvalue weighted by Gasteiger charge is 2.33. The van der Waals surface area contributed by atoms with Gasteiger partial charge in [0.25, 0.3) is 0 Å². The van der Waals surface area contributed by atoms with Crippen molar-refractivity contribution in [1.82, 2.24) is 14.1 Å². The second-order valence-electron chi connectivity index (χ2n) is 13.1. The van der Waals surface area contributed by atoms with Crippen molar-refractivity contribution in [3.05, 3.63) is 163 Å². The predicted molar refractivity (Wildman–Crippen MR) is 194 cm³/mol. The van der Waals surface area contributed by atoms with Crippen LogP contribution < -0.4 is 0 Å². The lowest BCUT2D eigenvalue weighted by molar-refractivity contribution is 0.736. The molecule has 0 aliphatic heterocycles. The van der Waals surface area contributed by atoms with Gasteiger partial charge in [-0.25, -0.2) is 0 Å². The molecule has 3 heteroatoms. The van der Waals surface area contributed by atoms with E-state index in [1.807, 2.05) is 12.4 Å². The summed E-state index contributed by atoms with van der Waals surface area (Å²) in [4.78, 5) is 4.54. The average Bonchev–Trinajstić information content (AvgIpc) is 3.51. The summed E-state index contributed by atoms with van der Waals surface area (Å²) in [7, 11) is 0. The summed E-state index contributed by atoms with van der Waals surface area (Å²) in [5.74, 6) is 0.382. The molecule has 0 radical (unpaired) electrons. The van der Waals surface area contributed by atoms with Crippen molar-refractivity contribution in [2.45, 2.75) is 18.8 Å².